The number of hydrogen-bond donors (Lipinski definition) is 2. The van der Waals surface area contributed by atoms with Crippen LogP contribution in [0.2, 0.25) is 0 Å². The lowest BCUT2D eigenvalue weighted by Gasteiger charge is -2.25. The Morgan fingerprint density at radius 3 is 2.64 bits per heavy atom. The fourth-order valence-electron chi connectivity index (χ4n) is 4.54. The van der Waals surface area contributed by atoms with Gasteiger partial charge < -0.3 is 24.5 Å². The maximum absolute atomic E-state index is 13.4. The molecule has 0 aliphatic carbocycles. The zero-order valence-electron chi connectivity index (χ0n) is 20.5. The van der Waals surface area contributed by atoms with Gasteiger partial charge in [0.25, 0.3) is 11.7 Å². The first kappa shape index (κ1) is 24.7. The van der Waals surface area contributed by atoms with Crippen molar-refractivity contribution in [3.63, 3.8) is 0 Å². The highest BCUT2D eigenvalue weighted by Crippen LogP contribution is 2.42. The molecule has 0 spiro atoms. The maximum Gasteiger partial charge on any atom is 0.355 e. The number of aromatic nitrogens is 2. The molecule has 1 aromatic carbocycles. The van der Waals surface area contributed by atoms with Gasteiger partial charge in [-0.05, 0) is 55.7 Å². The van der Waals surface area contributed by atoms with Crippen LogP contribution in [0.25, 0.3) is 5.76 Å². The van der Waals surface area contributed by atoms with Crippen LogP contribution in [0.15, 0.2) is 54.4 Å². The van der Waals surface area contributed by atoms with Gasteiger partial charge in [-0.15, -0.1) is 0 Å². The molecular formula is C27H27N3O6. The third-order valence-electron chi connectivity index (χ3n) is 6.18. The molecule has 2 aromatic heterocycles. The zero-order chi connectivity index (χ0) is 26.0. The first-order valence-corrected chi connectivity index (χ1v) is 11.5. The Balaban J connectivity index is 1.90. The van der Waals surface area contributed by atoms with E-state index in [0.717, 1.165) is 5.56 Å². The largest absolute Gasteiger partial charge is 0.507 e. The second-order valence-corrected chi connectivity index (χ2v) is 8.41. The molecule has 1 fully saturated rings. The van der Waals surface area contributed by atoms with E-state index in [0.29, 0.717) is 22.6 Å². The summed E-state index contributed by atoms with van der Waals surface area (Å²) in [7, 11) is 1.52. The molecule has 0 bridgehead atoms. The lowest BCUT2D eigenvalue weighted by molar-refractivity contribution is -0.140. The predicted octanol–water partition coefficient (Wildman–Crippen LogP) is 3.83. The van der Waals surface area contributed by atoms with Gasteiger partial charge in [-0.3, -0.25) is 14.6 Å². The van der Waals surface area contributed by atoms with Gasteiger partial charge in [0, 0.05) is 30.2 Å². The monoisotopic (exact) mass is 489 g/mol. The molecule has 1 aliphatic rings. The van der Waals surface area contributed by atoms with E-state index < -0.39 is 23.7 Å². The van der Waals surface area contributed by atoms with Crippen molar-refractivity contribution in [2.24, 2.45) is 0 Å². The van der Waals surface area contributed by atoms with Crippen molar-refractivity contribution in [3.8, 4) is 5.75 Å². The molecule has 1 atom stereocenters. The summed E-state index contributed by atoms with van der Waals surface area (Å²) in [6, 6.07) is 9.66. The Morgan fingerprint density at radius 1 is 1.19 bits per heavy atom. The van der Waals surface area contributed by atoms with Gasteiger partial charge in [0.2, 0.25) is 0 Å². The van der Waals surface area contributed by atoms with Crippen molar-refractivity contribution in [2.45, 2.75) is 33.4 Å². The third-order valence-corrected chi connectivity index (χ3v) is 6.18. The Hall–Kier alpha value is -4.40. The summed E-state index contributed by atoms with van der Waals surface area (Å²) >= 11 is 0. The summed E-state index contributed by atoms with van der Waals surface area (Å²) in [6.45, 7) is 5.32. The number of esters is 1. The minimum atomic E-state index is -0.889. The molecule has 36 heavy (non-hydrogen) atoms. The number of aliphatic hydroxyl groups excluding tert-OH is 1. The second-order valence-electron chi connectivity index (χ2n) is 8.41. The number of H-pyrrole nitrogens is 1. The number of rotatable bonds is 7. The number of aromatic amines is 1. The molecule has 3 aromatic rings. The number of carbonyl (C=O) groups excluding carboxylic acids is 3. The van der Waals surface area contributed by atoms with Crippen molar-refractivity contribution < 1.29 is 29.0 Å². The summed E-state index contributed by atoms with van der Waals surface area (Å²) in [6.07, 6.45) is 3.24. The molecule has 1 saturated heterocycles. The highest BCUT2D eigenvalue weighted by Gasteiger charge is 2.46. The molecule has 0 radical (unpaired) electrons. The van der Waals surface area contributed by atoms with Crippen LogP contribution in [-0.4, -0.2) is 51.4 Å². The third kappa shape index (κ3) is 4.35. The number of pyridine rings is 1. The number of carbonyl (C=O) groups is 3. The van der Waals surface area contributed by atoms with E-state index in [2.05, 4.69) is 9.97 Å². The number of benzene rings is 1. The fourth-order valence-corrected chi connectivity index (χ4v) is 4.54. The molecule has 2 N–H and O–H groups in total. The maximum atomic E-state index is 13.4. The lowest BCUT2D eigenvalue weighted by Crippen LogP contribution is -2.29. The highest BCUT2D eigenvalue weighted by molar-refractivity contribution is 6.46. The summed E-state index contributed by atoms with van der Waals surface area (Å²) in [5, 5.41) is 11.5. The topological polar surface area (TPSA) is 122 Å². The summed E-state index contributed by atoms with van der Waals surface area (Å²) in [5.41, 5.74) is 2.60. The van der Waals surface area contributed by atoms with Gasteiger partial charge in [0.1, 0.15) is 17.2 Å². The number of aryl methyl sites for hydroxylation is 1. The van der Waals surface area contributed by atoms with E-state index in [1.807, 2.05) is 0 Å². The average molecular weight is 490 g/mol. The predicted molar refractivity (Wildman–Crippen MR) is 131 cm³/mol. The number of nitrogens with one attached hydrogen (secondary N) is 1. The molecule has 9 heteroatoms. The van der Waals surface area contributed by atoms with Crippen LogP contribution < -0.4 is 4.74 Å². The minimum Gasteiger partial charge on any atom is -0.507 e. The normalized spacial score (nSPS) is 16.9. The number of hydrogen-bond acceptors (Lipinski definition) is 7. The zero-order valence-corrected chi connectivity index (χ0v) is 20.5. The van der Waals surface area contributed by atoms with Crippen LogP contribution in [-0.2, 0) is 20.9 Å². The Labute approximate surface area is 208 Å². The Morgan fingerprint density at radius 2 is 1.97 bits per heavy atom. The molecular weight excluding hydrogens is 462 g/mol. The first-order chi connectivity index (χ1) is 17.3. The fraction of sp³-hybridized carbons (Fsp3) is 0.259. The van der Waals surface area contributed by atoms with Crippen LogP contribution >= 0.6 is 0 Å². The SMILES string of the molecule is CCOC(=O)c1[nH]c(C)c(/C(O)=C2\C(=O)C(=O)N(Cc3cccnc3)[C@H]2c2cccc(OC)c2)c1C. The number of likely N-dealkylation sites (tertiary alicyclic amines) is 1. The second kappa shape index (κ2) is 10.1. The molecule has 186 valence electrons. The van der Waals surface area contributed by atoms with Crippen LogP contribution in [0.5, 0.6) is 5.75 Å². The van der Waals surface area contributed by atoms with Crippen LogP contribution in [0.3, 0.4) is 0 Å². The number of nitrogens with zero attached hydrogens (tertiary/aromatic N) is 2. The summed E-state index contributed by atoms with van der Waals surface area (Å²) in [4.78, 5) is 47.5. The smallest absolute Gasteiger partial charge is 0.355 e. The number of methoxy groups -OCH3 is 1. The molecule has 3 heterocycles. The quantitative estimate of drug-likeness (QED) is 0.224. The number of Topliss-reactive ketones (excluding diaryl/α,β-unsaturated/α-hetero) is 1. The molecule has 9 nitrogen and oxygen atoms in total. The van der Waals surface area contributed by atoms with Gasteiger partial charge in [-0.1, -0.05) is 18.2 Å². The van der Waals surface area contributed by atoms with Crippen molar-refractivity contribution in [2.75, 3.05) is 13.7 Å². The van der Waals surface area contributed by atoms with Crippen LogP contribution in [0.1, 0.15) is 51.4 Å². The van der Waals surface area contributed by atoms with Crippen LogP contribution in [0, 0.1) is 13.8 Å². The van der Waals surface area contributed by atoms with E-state index in [4.69, 9.17) is 9.47 Å². The van der Waals surface area contributed by atoms with Crippen molar-refractivity contribution in [1.82, 2.24) is 14.9 Å². The molecule has 1 aliphatic heterocycles. The van der Waals surface area contributed by atoms with E-state index in [1.54, 1.807) is 69.6 Å². The number of aliphatic hydroxyl groups is 1. The molecule has 0 unspecified atom stereocenters. The van der Waals surface area contributed by atoms with Crippen molar-refractivity contribution in [1.29, 1.82) is 0 Å². The summed E-state index contributed by atoms with van der Waals surface area (Å²) < 4.78 is 10.5. The van der Waals surface area contributed by atoms with E-state index in [-0.39, 0.29) is 35.7 Å². The van der Waals surface area contributed by atoms with Gasteiger partial charge in [-0.2, -0.15) is 0 Å². The van der Waals surface area contributed by atoms with E-state index >= 15 is 0 Å². The Bertz CT molecular complexity index is 1360. The molecule has 0 saturated carbocycles. The van der Waals surface area contributed by atoms with Gasteiger partial charge in [0.15, 0.2) is 0 Å². The molecule has 4 rings (SSSR count). The molecule has 1 amide bonds. The van der Waals surface area contributed by atoms with E-state index in [9.17, 15) is 19.5 Å². The Kier molecular flexibility index (Phi) is 6.91. The van der Waals surface area contributed by atoms with Crippen molar-refractivity contribution >= 4 is 23.4 Å². The summed E-state index contributed by atoms with van der Waals surface area (Å²) in [5.74, 6) is -1.96. The van der Waals surface area contributed by atoms with Crippen LogP contribution in [0.4, 0.5) is 0 Å². The van der Waals surface area contributed by atoms with Gasteiger partial charge in [-0.25, -0.2) is 4.79 Å². The minimum absolute atomic E-state index is 0.0715. The van der Waals surface area contributed by atoms with Crippen molar-refractivity contribution in [3.05, 3.63) is 88.0 Å². The lowest BCUT2D eigenvalue weighted by atomic mass is 9.94. The first-order valence-electron chi connectivity index (χ1n) is 11.5. The highest BCUT2D eigenvalue weighted by atomic mass is 16.5. The average Bonchev–Trinajstić information content (AvgIpc) is 3.32. The number of ether oxygens (including phenoxy) is 2. The number of amides is 1. The van der Waals surface area contributed by atoms with E-state index in [1.165, 1.54) is 12.0 Å². The van der Waals surface area contributed by atoms with Gasteiger partial charge in [0.05, 0.1) is 25.3 Å². The number of ketones is 1. The standard InChI is InChI=1S/C27H27N3O6/c1-5-36-27(34)22-15(2)20(16(3)29-22)24(31)21-23(18-9-6-10-19(12-18)35-4)30(26(33)25(21)32)14-17-8-7-11-28-13-17/h6-13,23,29,31H,5,14H2,1-4H3/b24-21+/t23-/m0/s1. The van der Waals surface area contributed by atoms with Gasteiger partial charge >= 0.3 is 5.97 Å².